The Morgan fingerprint density at radius 2 is 0.547 bits per heavy atom. The van der Waals surface area contributed by atoms with Gasteiger partial charge in [-0.1, -0.05) is 340 Å². The molecule has 6 heteroatoms. The van der Waals surface area contributed by atoms with Crippen molar-refractivity contribution in [1.82, 2.24) is 5.32 Å². The topological polar surface area (TPSA) is 110 Å². The van der Waals surface area contributed by atoms with Gasteiger partial charge >= 0.3 is 0 Å². The van der Waals surface area contributed by atoms with Crippen LogP contribution in [0.1, 0.15) is 380 Å². The van der Waals surface area contributed by atoms with Crippen molar-refractivity contribution in [2.75, 3.05) is 6.61 Å². The van der Waals surface area contributed by atoms with Crippen LogP contribution >= 0.6 is 0 Å². The minimum Gasteiger partial charge on any atom is -0.394 e. The van der Waals surface area contributed by atoms with Crippen molar-refractivity contribution in [1.29, 1.82) is 0 Å². The summed E-state index contributed by atoms with van der Waals surface area (Å²) >= 11 is 0. The van der Waals surface area contributed by atoms with E-state index in [1.165, 1.54) is 315 Å². The highest BCUT2D eigenvalue weighted by Gasteiger charge is 2.28. The summed E-state index contributed by atoms with van der Waals surface area (Å²) in [6.07, 6.45) is 80.2. The lowest BCUT2D eigenvalue weighted by Gasteiger charge is -2.27. The van der Waals surface area contributed by atoms with Gasteiger partial charge < -0.3 is 25.7 Å². The first-order chi connectivity index (χ1) is 37.0. The highest BCUT2D eigenvalue weighted by Crippen LogP contribution is 2.19. The molecule has 0 aromatic heterocycles. The van der Waals surface area contributed by atoms with Gasteiger partial charge in [-0.15, -0.1) is 0 Å². The van der Waals surface area contributed by atoms with E-state index in [1.807, 2.05) is 0 Å². The average molecular weight is 1060 g/mol. The summed E-state index contributed by atoms with van der Waals surface area (Å²) < 4.78 is 0. The first kappa shape index (κ1) is 73.8. The Labute approximate surface area is 469 Å². The van der Waals surface area contributed by atoms with Gasteiger partial charge in [-0.2, -0.15) is 0 Å². The van der Waals surface area contributed by atoms with Crippen LogP contribution < -0.4 is 5.32 Å². The molecule has 0 aliphatic carbocycles. The predicted molar refractivity (Wildman–Crippen MR) is 330 cm³/mol. The maximum atomic E-state index is 12.7. The number of rotatable bonds is 64. The molecular formula is C69H135NO5. The SMILES string of the molecule is CCCCCCCCCCCCCC/C=C\CCCCCCCCCCCCCCCCC(O)C(=O)NC(CO)C(O)C(O)CCC/C=C/CCCCCCCCCCCCCCCCCCCCCCCCCC. The molecule has 0 rings (SSSR count). The van der Waals surface area contributed by atoms with Gasteiger partial charge in [0.2, 0.25) is 5.91 Å². The number of amides is 1. The van der Waals surface area contributed by atoms with Gasteiger partial charge in [0.15, 0.2) is 0 Å². The number of hydrogen-bond acceptors (Lipinski definition) is 5. The normalized spacial score (nSPS) is 13.6. The summed E-state index contributed by atoms with van der Waals surface area (Å²) in [6, 6.07) is -1.00. The maximum absolute atomic E-state index is 12.7. The number of carbonyl (C=O) groups excluding carboxylic acids is 1. The van der Waals surface area contributed by atoms with Crippen LogP contribution in [0.2, 0.25) is 0 Å². The Kier molecular flexibility index (Phi) is 62.6. The van der Waals surface area contributed by atoms with Crippen LogP contribution in [0.3, 0.4) is 0 Å². The lowest BCUT2D eigenvalue weighted by atomic mass is 10.00. The van der Waals surface area contributed by atoms with Crippen molar-refractivity contribution in [2.45, 2.75) is 404 Å². The number of allylic oxidation sites excluding steroid dienone is 4. The van der Waals surface area contributed by atoms with E-state index in [4.69, 9.17) is 0 Å². The van der Waals surface area contributed by atoms with E-state index in [0.29, 0.717) is 12.8 Å². The minimum absolute atomic E-state index is 0.366. The van der Waals surface area contributed by atoms with E-state index in [0.717, 1.165) is 38.5 Å². The fourth-order valence-corrected chi connectivity index (χ4v) is 11.1. The van der Waals surface area contributed by atoms with E-state index in [9.17, 15) is 25.2 Å². The maximum Gasteiger partial charge on any atom is 0.249 e. The molecular weight excluding hydrogens is 923 g/mol. The molecule has 4 unspecified atom stereocenters. The molecule has 6 nitrogen and oxygen atoms in total. The van der Waals surface area contributed by atoms with E-state index >= 15 is 0 Å². The summed E-state index contributed by atoms with van der Waals surface area (Å²) in [5.74, 6) is -0.587. The molecule has 0 saturated heterocycles. The zero-order valence-electron chi connectivity index (χ0n) is 50.8. The minimum atomic E-state index is -1.28. The van der Waals surface area contributed by atoms with Gasteiger partial charge in [0.05, 0.1) is 18.8 Å². The second kappa shape index (κ2) is 63.6. The van der Waals surface area contributed by atoms with Crippen LogP contribution in [0, 0.1) is 0 Å². The number of hydrogen-bond donors (Lipinski definition) is 5. The van der Waals surface area contributed by atoms with Gasteiger partial charge in [0.25, 0.3) is 0 Å². The predicted octanol–water partition coefficient (Wildman–Crippen LogP) is 20.9. The van der Waals surface area contributed by atoms with Gasteiger partial charge in [-0.25, -0.2) is 0 Å². The zero-order chi connectivity index (χ0) is 54.4. The zero-order valence-corrected chi connectivity index (χ0v) is 50.8. The Hall–Kier alpha value is -1.21. The molecule has 0 saturated carbocycles. The average Bonchev–Trinajstić information content (AvgIpc) is 3.42. The monoisotopic (exact) mass is 1060 g/mol. The van der Waals surface area contributed by atoms with Gasteiger partial charge in [0, 0.05) is 0 Å². The molecule has 0 spiro atoms. The number of aliphatic hydroxyl groups excluding tert-OH is 4. The molecule has 0 radical (unpaired) electrons. The van der Waals surface area contributed by atoms with Gasteiger partial charge in [-0.05, 0) is 64.2 Å². The van der Waals surface area contributed by atoms with Crippen LogP contribution in [-0.2, 0) is 4.79 Å². The van der Waals surface area contributed by atoms with Crippen LogP contribution in [-0.4, -0.2) is 57.3 Å². The fourth-order valence-electron chi connectivity index (χ4n) is 11.1. The third-order valence-electron chi connectivity index (χ3n) is 16.4. The molecule has 5 N–H and O–H groups in total. The first-order valence-electron chi connectivity index (χ1n) is 34.2. The Balaban J connectivity index is 3.57. The largest absolute Gasteiger partial charge is 0.394 e. The van der Waals surface area contributed by atoms with Crippen molar-refractivity contribution in [3.05, 3.63) is 24.3 Å². The van der Waals surface area contributed by atoms with E-state index in [2.05, 4.69) is 43.5 Å². The van der Waals surface area contributed by atoms with Gasteiger partial charge in [-0.3, -0.25) is 4.79 Å². The van der Waals surface area contributed by atoms with Crippen LogP contribution in [0.15, 0.2) is 24.3 Å². The number of aliphatic hydroxyl groups is 4. The van der Waals surface area contributed by atoms with Gasteiger partial charge in [0.1, 0.15) is 12.2 Å². The molecule has 0 fully saturated rings. The quantitative estimate of drug-likeness (QED) is 0.0308. The molecule has 0 aliphatic rings. The lowest BCUT2D eigenvalue weighted by molar-refractivity contribution is -0.132. The first-order valence-corrected chi connectivity index (χ1v) is 34.2. The van der Waals surface area contributed by atoms with Crippen molar-refractivity contribution in [3.63, 3.8) is 0 Å². The van der Waals surface area contributed by atoms with Crippen molar-refractivity contribution < 1.29 is 25.2 Å². The van der Waals surface area contributed by atoms with Crippen LogP contribution in [0.25, 0.3) is 0 Å². The summed E-state index contributed by atoms with van der Waals surface area (Å²) in [5.41, 5.74) is 0. The molecule has 75 heavy (non-hydrogen) atoms. The molecule has 1 amide bonds. The third-order valence-corrected chi connectivity index (χ3v) is 16.4. The summed E-state index contributed by atoms with van der Waals surface area (Å²) in [5, 5.41) is 44.2. The van der Waals surface area contributed by atoms with E-state index in [-0.39, 0.29) is 0 Å². The molecule has 0 bridgehead atoms. The fraction of sp³-hybridized carbons (Fsp3) is 0.928. The highest BCUT2D eigenvalue weighted by molar-refractivity contribution is 5.80. The summed E-state index contributed by atoms with van der Waals surface area (Å²) in [4.78, 5) is 12.7. The van der Waals surface area contributed by atoms with Crippen LogP contribution in [0.4, 0.5) is 0 Å². The second-order valence-corrected chi connectivity index (χ2v) is 23.9. The van der Waals surface area contributed by atoms with E-state index in [1.54, 1.807) is 0 Å². The standard InChI is InChI=1S/C69H135NO5/c1-3-5-7-9-11-13-15-17-19-21-23-25-27-29-31-33-35-37-39-41-43-45-47-49-51-53-55-57-59-61-63-67(73)69(75)70-65(64-71)68(74)66(72)62-60-58-56-54-52-50-48-46-44-42-40-38-36-34-32-30-28-26-24-22-20-18-16-14-12-10-8-6-4-2/h29,31,54,56,65-68,71-74H,3-28,30,32-53,55,57-64H2,1-2H3,(H,70,75)/b31-29-,56-54+. The highest BCUT2D eigenvalue weighted by atomic mass is 16.3. The Morgan fingerprint density at radius 3 is 0.800 bits per heavy atom. The van der Waals surface area contributed by atoms with Crippen molar-refractivity contribution in [3.8, 4) is 0 Å². The smallest absolute Gasteiger partial charge is 0.249 e. The Morgan fingerprint density at radius 1 is 0.320 bits per heavy atom. The van der Waals surface area contributed by atoms with E-state index < -0.39 is 36.9 Å². The number of nitrogens with one attached hydrogen (secondary N) is 1. The molecule has 0 aromatic carbocycles. The van der Waals surface area contributed by atoms with Crippen molar-refractivity contribution >= 4 is 5.91 Å². The molecule has 446 valence electrons. The van der Waals surface area contributed by atoms with Crippen LogP contribution in [0.5, 0.6) is 0 Å². The summed E-state index contributed by atoms with van der Waals surface area (Å²) in [7, 11) is 0. The number of carbonyl (C=O) groups is 1. The Bertz CT molecular complexity index is 1140. The third kappa shape index (κ3) is 57.3. The molecule has 0 heterocycles. The summed E-state index contributed by atoms with van der Waals surface area (Å²) in [6.45, 7) is 4.10. The van der Waals surface area contributed by atoms with Crippen molar-refractivity contribution in [2.24, 2.45) is 0 Å². The molecule has 0 aliphatic heterocycles. The molecule has 4 atom stereocenters. The second-order valence-electron chi connectivity index (χ2n) is 23.9. The number of unbranched alkanes of at least 4 members (excludes halogenated alkanes) is 51. The lowest BCUT2D eigenvalue weighted by Crippen LogP contribution is -2.53. The molecule has 0 aromatic rings.